The first-order chi connectivity index (χ1) is 13.5. The normalized spacial score (nSPS) is 20.6. The molecule has 152 valence electrons. The molecule has 28 heavy (non-hydrogen) atoms. The smallest absolute Gasteiger partial charge is 0.320 e. The van der Waals surface area contributed by atoms with Crippen LogP contribution in [0.3, 0.4) is 0 Å². The number of nitrogens with zero attached hydrogens (tertiary/aromatic N) is 2. The van der Waals surface area contributed by atoms with Gasteiger partial charge in [-0.3, -0.25) is 9.59 Å². The van der Waals surface area contributed by atoms with Crippen molar-refractivity contribution in [2.45, 2.75) is 44.6 Å². The fraction of sp³-hybridized carbons (Fsp3) is 0.571. The van der Waals surface area contributed by atoms with Gasteiger partial charge in [0.1, 0.15) is 0 Å². The van der Waals surface area contributed by atoms with E-state index in [9.17, 15) is 14.4 Å². The van der Waals surface area contributed by atoms with Gasteiger partial charge in [0, 0.05) is 32.6 Å². The Kier molecular flexibility index (Phi) is 6.90. The SMILES string of the molecule is O=C(O)CCC(NC(=O)C1CCCN(C(=O)N2CCCC2)C1)c1ccccc1. The molecule has 0 aromatic heterocycles. The maximum atomic E-state index is 12.9. The third-order valence-corrected chi connectivity index (χ3v) is 5.60. The van der Waals surface area contributed by atoms with Gasteiger partial charge in [0.25, 0.3) is 0 Å². The van der Waals surface area contributed by atoms with Crippen LogP contribution in [0.5, 0.6) is 0 Å². The largest absolute Gasteiger partial charge is 0.481 e. The van der Waals surface area contributed by atoms with E-state index < -0.39 is 5.97 Å². The molecule has 7 heteroatoms. The first-order valence-electron chi connectivity index (χ1n) is 10.2. The van der Waals surface area contributed by atoms with E-state index in [1.807, 2.05) is 35.2 Å². The van der Waals surface area contributed by atoms with Crippen molar-refractivity contribution < 1.29 is 19.5 Å². The standard InChI is InChI=1S/C21H29N3O4/c25-19(26)11-10-18(16-7-2-1-3-8-16)22-20(27)17-9-6-14-24(15-17)21(28)23-12-4-5-13-23/h1-3,7-8,17-18H,4-6,9-15H2,(H,22,27)(H,25,26). The van der Waals surface area contributed by atoms with Crippen LogP contribution in [0.2, 0.25) is 0 Å². The molecular weight excluding hydrogens is 358 g/mol. The Morgan fingerprint density at radius 1 is 1.04 bits per heavy atom. The summed E-state index contributed by atoms with van der Waals surface area (Å²) in [6, 6.07) is 9.16. The van der Waals surface area contributed by atoms with Crippen molar-refractivity contribution in [3.63, 3.8) is 0 Å². The van der Waals surface area contributed by atoms with Crippen LogP contribution in [-0.2, 0) is 9.59 Å². The molecule has 1 aromatic carbocycles. The number of hydrogen-bond acceptors (Lipinski definition) is 3. The summed E-state index contributed by atoms with van der Waals surface area (Å²) in [4.78, 5) is 40.2. The number of carboxylic acids is 1. The predicted molar refractivity (Wildman–Crippen MR) is 105 cm³/mol. The number of rotatable bonds is 6. The molecule has 3 amide bonds. The van der Waals surface area contributed by atoms with Gasteiger partial charge in [0.05, 0.1) is 12.0 Å². The van der Waals surface area contributed by atoms with Crippen LogP contribution in [-0.4, -0.2) is 59.0 Å². The molecule has 2 N–H and O–H groups in total. The van der Waals surface area contributed by atoms with Crippen molar-refractivity contribution >= 4 is 17.9 Å². The average Bonchev–Trinajstić information content (AvgIpc) is 3.26. The van der Waals surface area contributed by atoms with Gasteiger partial charge in [-0.15, -0.1) is 0 Å². The molecule has 2 saturated heterocycles. The van der Waals surface area contributed by atoms with Crippen LogP contribution in [0, 0.1) is 5.92 Å². The maximum absolute atomic E-state index is 12.9. The molecule has 2 fully saturated rings. The van der Waals surface area contributed by atoms with Gasteiger partial charge >= 0.3 is 12.0 Å². The van der Waals surface area contributed by atoms with Crippen LogP contribution in [0.1, 0.15) is 50.1 Å². The van der Waals surface area contributed by atoms with Crippen LogP contribution in [0.15, 0.2) is 30.3 Å². The Morgan fingerprint density at radius 2 is 1.71 bits per heavy atom. The second kappa shape index (κ2) is 9.57. The van der Waals surface area contributed by atoms with Crippen LogP contribution in [0.4, 0.5) is 4.79 Å². The van der Waals surface area contributed by atoms with E-state index in [1.54, 1.807) is 4.90 Å². The molecule has 0 spiro atoms. The molecule has 3 rings (SSSR count). The van der Waals surface area contributed by atoms with Gasteiger partial charge in [0.15, 0.2) is 0 Å². The van der Waals surface area contributed by atoms with Crippen molar-refractivity contribution in [1.82, 2.24) is 15.1 Å². The zero-order valence-electron chi connectivity index (χ0n) is 16.2. The molecule has 2 aliphatic rings. The number of likely N-dealkylation sites (tertiary alicyclic amines) is 2. The van der Waals surface area contributed by atoms with Gasteiger partial charge in [0.2, 0.25) is 5.91 Å². The van der Waals surface area contributed by atoms with Gasteiger partial charge in [-0.1, -0.05) is 30.3 Å². The number of piperidine rings is 1. The molecule has 7 nitrogen and oxygen atoms in total. The van der Waals surface area contributed by atoms with E-state index in [1.165, 1.54) is 0 Å². The number of carboxylic acid groups (broad SMARTS) is 1. The molecule has 2 atom stereocenters. The van der Waals surface area contributed by atoms with E-state index in [0.29, 0.717) is 19.5 Å². The topological polar surface area (TPSA) is 90.0 Å². The minimum Gasteiger partial charge on any atom is -0.481 e. The van der Waals surface area contributed by atoms with Crippen molar-refractivity contribution in [1.29, 1.82) is 0 Å². The highest BCUT2D eigenvalue weighted by Gasteiger charge is 2.32. The molecule has 0 bridgehead atoms. The van der Waals surface area contributed by atoms with Crippen LogP contribution >= 0.6 is 0 Å². The average molecular weight is 387 g/mol. The first-order valence-corrected chi connectivity index (χ1v) is 10.2. The maximum Gasteiger partial charge on any atom is 0.320 e. The minimum atomic E-state index is -0.879. The van der Waals surface area contributed by atoms with Crippen molar-refractivity contribution in [3.8, 4) is 0 Å². The monoisotopic (exact) mass is 387 g/mol. The lowest BCUT2D eigenvalue weighted by Crippen LogP contribution is -2.50. The lowest BCUT2D eigenvalue weighted by Gasteiger charge is -2.35. The summed E-state index contributed by atoms with van der Waals surface area (Å²) in [5.74, 6) is -1.23. The highest BCUT2D eigenvalue weighted by atomic mass is 16.4. The van der Waals surface area contributed by atoms with Gasteiger partial charge in [-0.25, -0.2) is 4.79 Å². The second-order valence-corrected chi connectivity index (χ2v) is 7.67. The molecule has 2 unspecified atom stereocenters. The van der Waals surface area contributed by atoms with Crippen molar-refractivity contribution in [2.75, 3.05) is 26.2 Å². The third-order valence-electron chi connectivity index (χ3n) is 5.60. The van der Waals surface area contributed by atoms with Gasteiger partial charge in [-0.05, 0) is 37.7 Å². The van der Waals surface area contributed by atoms with E-state index >= 15 is 0 Å². The Morgan fingerprint density at radius 3 is 2.39 bits per heavy atom. The molecule has 0 saturated carbocycles. The first kappa shape index (κ1) is 20.2. The fourth-order valence-corrected chi connectivity index (χ4v) is 4.04. The molecule has 2 heterocycles. The van der Waals surface area contributed by atoms with Crippen LogP contribution < -0.4 is 5.32 Å². The van der Waals surface area contributed by atoms with Crippen molar-refractivity contribution in [3.05, 3.63) is 35.9 Å². The number of aliphatic carboxylic acids is 1. The summed E-state index contributed by atoms with van der Waals surface area (Å²) in [7, 11) is 0. The molecule has 1 aromatic rings. The van der Waals surface area contributed by atoms with E-state index in [2.05, 4.69) is 5.32 Å². The zero-order valence-corrected chi connectivity index (χ0v) is 16.2. The summed E-state index contributed by atoms with van der Waals surface area (Å²) in [5, 5.41) is 12.1. The number of benzene rings is 1. The molecule has 0 aliphatic carbocycles. The Labute approximate surface area is 165 Å². The van der Waals surface area contributed by atoms with Gasteiger partial charge < -0.3 is 20.2 Å². The summed E-state index contributed by atoms with van der Waals surface area (Å²) < 4.78 is 0. The van der Waals surface area contributed by atoms with Gasteiger partial charge in [-0.2, -0.15) is 0 Å². The quantitative estimate of drug-likeness (QED) is 0.785. The van der Waals surface area contributed by atoms with E-state index in [0.717, 1.165) is 44.3 Å². The number of amides is 3. The summed E-state index contributed by atoms with van der Waals surface area (Å²) >= 11 is 0. The molecule has 0 radical (unpaired) electrons. The summed E-state index contributed by atoms with van der Waals surface area (Å²) in [6.45, 7) is 2.73. The zero-order chi connectivity index (χ0) is 19.9. The van der Waals surface area contributed by atoms with Crippen molar-refractivity contribution in [2.24, 2.45) is 5.92 Å². The predicted octanol–water partition coefficient (Wildman–Crippen LogP) is 2.64. The Balaban J connectivity index is 1.61. The Bertz CT molecular complexity index is 688. The second-order valence-electron chi connectivity index (χ2n) is 7.67. The third kappa shape index (κ3) is 5.24. The summed E-state index contributed by atoms with van der Waals surface area (Å²) in [6.07, 6.45) is 3.98. The molecule has 2 aliphatic heterocycles. The molecular formula is C21H29N3O4. The number of nitrogens with one attached hydrogen (secondary N) is 1. The minimum absolute atomic E-state index is 0.00984. The van der Waals surface area contributed by atoms with E-state index in [4.69, 9.17) is 5.11 Å². The highest BCUT2D eigenvalue weighted by molar-refractivity contribution is 5.81. The lowest BCUT2D eigenvalue weighted by atomic mass is 9.95. The number of hydrogen-bond donors (Lipinski definition) is 2. The fourth-order valence-electron chi connectivity index (χ4n) is 4.04. The Hall–Kier alpha value is -2.57. The number of carbonyl (C=O) groups is 3. The number of carbonyl (C=O) groups excluding carboxylic acids is 2. The highest BCUT2D eigenvalue weighted by Crippen LogP contribution is 2.23. The number of urea groups is 1. The lowest BCUT2D eigenvalue weighted by molar-refractivity contribution is -0.137. The summed E-state index contributed by atoms with van der Waals surface area (Å²) in [5.41, 5.74) is 0.901. The van der Waals surface area contributed by atoms with Crippen LogP contribution in [0.25, 0.3) is 0 Å². The van der Waals surface area contributed by atoms with E-state index in [-0.39, 0.29) is 30.3 Å².